The van der Waals surface area contributed by atoms with Crippen LogP contribution in [0.3, 0.4) is 0 Å². The molecule has 0 saturated heterocycles. The number of aromatic nitrogens is 4. The standard InChI is InChI=1S/C16H15N5O/c1-12-19-15(20-21(12)14-7-3-2-4-8-14)16(22)18-11-13-6-5-9-17-10-13/h2-10H,11H2,1H3,(H,18,22). The van der Waals surface area contributed by atoms with E-state index in [1.54, 1.807) is 17.1 Å². The molecule has 0 aliphatic carbocycles. The molecule has 0 aliphatic rings. The molecule has 6 nitrogen and oxygen atoms in total. The number of nitrogens with one attached hydrogen (secondary N) is 1. The van der Waals surface area contributed by atoms with Gasteiger partial charge in [0, 0.05) is 18.9 Å². The molecule has 6 heteroatoms. The quantitative estimate of drug-likeness (QED) is 0.797. The SMILES string of the molecule is Cc1nc(C(=O)NCc2cccnc2)nn1-c1ccccc1. The van der Waals surface area contributed by atoms with E-state index in [0.717, 1.165) is 11.3 Å². The number of hydrogen-bond donors (Lipinski definition) is 1. The largest absolute Gasteiger partial charge is 0.345 e. The maximum absolute atomic E-state index is 12.1. The van der Waals surface area contributed by atoms with Crippen LogP contribution in [-0.4, -0.2) is 25.7 Å². The number of hydrogen-bond acceptors (Lipinski definition) is 4. The normalized spacial score (nSPS) is 10.4. The minimum absolute atomic E-state index is 0.158. The molecule has 0 fully saturated rings. The summed E-state index contributed by atoms with van der Waals surface area (Å²) in [7, 11) is 0. The number of para-hydroxylation sites is 1. The van der Waals surface area contributed by atoms with Crippen molar-refractivity contribution < 1.29 is 4.79 Å². The first-order valence-electron chi connectivity index (χ1n) is 6.90. The second-order valence-corrected chi connectivity index (χ2v) is 4.77. The Labute approximate surface area is 127 Å². The van der Waals surface area contributed by atoms with Crippen molar-refractivity contribution in [1.29, 1.82) is 0 Å². The van der Waals surface area contributed by atoms with E-state index in [2.05, 4.69) is 20.4 Å². The van der Waals surface area contributed by atoms with Crippen LogP contribution in [0.25, 0.3) is 5.69 Å². The molecule has 0 unspecified atom stereocenters. The third-order valence-corrected chi connectivity index (χ3v) is 3.15. The summed E-state index contributed by atoms with van der Waals surface area (Å²) in [6.07, 6.45) is 3.40. The average molecular weight is 293 g/mol. The van der Waals surface area contributed by atoms with Gasteiger partial charge in [-0.3, -0.25) is 9.78 Å². The Bertz CT molecular complexity index is 768. The number of nitrogens with zero attached hydrogens (tertiary/aromatic N) is 4. The van der Waals surface area contributed by atoms with Gasteiger partial charge in [0.2, 0.25) is 5.82 Å². The Hall–Kier alpha value is -3.02. The van der Waals surface area contributed by atoms with Crippen molar-refractivity contribution in [3.05, 3.63) is 72.1 Å². The van der Waals surface area contributed by atoms with Crippen molar-refractivity contribution in [2.45, 2.75) is 13.5 Å². The van der Waals surface area contributed by atoms with E-state index in [1.807, 2.05) is 49.4 Å². The highest BCUT2D eigenvalue weighted by Gasteiger charge is 2.14. The number of benzene rings is 1. The van der Waals surface area contributed by atoms with Gasteiger partial charge >= 0.3 is 0 Å². The minimum Gasteiger partial charge on any atom is -0.345 e. The van der Waals surface area contributed by atoms with Crippen LogP contribution in [0, 0.1) is 6.92 Å². The van der Waals surface area contributed by atoms with Crippen LogP contribution in [0.4, 0.5) is 0 Å². The van der Waals surface area contributed by atoms with E-state index in [9.17, 15) is 4.79 Å². The Morgan fingerprint density at radius 1 is 1.18 bits per heavy atom. The van der Waals surface area contributed by atoms with Crippen LogP contribution in [-0.2, 0) is 6.54 Å². The molecule has 0 spiro atoms. The predicted octanol–water partition coefficient (Wildman–Crippen LogP) is 1.90. The second-order valence-electron chi connectivity index (χ2n) is 4.77. The molecular formula is C16H15N5O. The lowest BCUT2D eigenvalue weighted by atomic mass is 10.3. The van der Waals surface area contributed by atoms with E-state index in [0.29, 0.717) is 12.4 Å². The highest BCUT2D eigenvalue weighted by atomic mass is 16.2. The molecule has 1 N–H and O–H groups in total. The van der Waals surface area contributed by atoms with Crippen molar-refractivity contribution >= 4 is 5.91 Å². The van der Waals surface area contributed by atoms with Crippen LogP contribution in [0.1, 0.15) is 22.0 Å². The summed E-state index contributed by atoms with van der Waals surface area (Å²) in [4.78, 5) is 20.4. The summed E-state index contributed by atoms with van der Waals surface area (Å²) >= 11 is 0. The zero-order valence-electron chi connectivity index (χ0n) is 12.1. The van der Waals surface area contributed by atoms with E-state index in [-0.39, 0.29) is 11.7 Å². The molecule has 110 valence electrons. The Balaban J connectivity index is 1.74. The molecule has 0 aliphatic heterocycles. The fourth-order valence-electron chi connectivity index (χ4n) is 2.06. The van der Waals surface area contributed by atoms with Gasteiger partial charge in [0.05, 0.1) is 5.69 Å². The lowest BCUT2D eigenvalue weighted by Crippen LogP contribution is -2.24. The lowest BCUT2D eigenvalue weighted by molar-refractivity contribution is 0.0940. The van der Waals surface area contributed by atoms with Gasteiger partial charge in [0.25, 0.3) is 5.91 Å². The summed E-state index contributed by atoms with van der Waals surface area (Å²) in [6.45, 7) is 2.21. The van der Waals surface area contributed by atoms with Gasteiger partial charge in [-0.05, 0) is 30.7 Å². The van der Waals surface area contributed by atoms with Crippen molar-refractivity contribution in [3.8, 4) is 5.69 Å². The first-order valence-corrected chi connectivity index (χ1v) is 6.90. The molecule has 1 aromatic carbocycles. The molecular weight excluding hydrogens is 278 g/mol. The van der Waals surface area contributed by atoms with Gasteiger partial charge in [-0.15, -0.1) is 5.10 Å². The zero-order chi connectivity index (χ0) is 15.4. The molecule has 0 atom stereocenters. The number of carbonyl (C=O) groups is 1. The molecule has 2 aromatic heterocycles. The fraction of sp³-hybridized carbons (Fsp3) is 0.125. The van der Waals surface area contributed by atoms with Gasteiger partial charge in [-0.25, -0.2) is 9.67 Å². The van der Waals surface area contributed by atoms with Crippen LogP contribution in [0.15, 0.2) is 54.9 Å². The van der Waals surface area contributed by atoms with Crippen molar-refractivity contribution in [2.24, 2.45) is 0 Å². The average Bonchev–Trinajstić information content (AvgIpc) is 2.96. The maximum Gasteiger partial charge on any atom is 0.291 e. The molecule has 0 saturated carbocycles. The first kappa shape index (κ1) is 13.9. The summed E-state index contributed by atoms with van der Waals surface area (Å²) in [5.41, 5.74) is 1.80. The topological polar surface area (TPSA) is 72.7 Å². The number of amides is 1. The Morgan fingerprint density at radius 3 is 2.73 bits per heavy atom. The molecule has 0 bridgehead atoms. The van der Waals surface area contributed by atoms with Gasteiger partial charge in [0.15, 0.2) is 0 Å². The summed E-state index contributed by atoms with van der Waals surface area (Å²) in [5.74, 6) is 0.518. The summed E-state index contributed by atoms with van der Waals surface area (Å²) in [5, 5.41) is 7.06. The first-order chi connectivity index (χ1) is 10.7. The fourth-order valence-corrected chi connectivity index (χ4v) is 2.06. The molecule has 22 heavy (non-hydrogen) atoms. The number of pyridine rings is 1. The van der Waals surface area contributed by atoms with Crippen LogP contribution in [0.2, 0.25) is 0 Å². The number of carbonyl (C=O) groups excluding carboxylic acids is 1. The van der Waals surface area contributed by atoms with Gasteiger partial charge < -0.3 is 5.32 Å². The monoisotopic (exact) mass is 293 g/mol. The molecule has 0 radical (unpaired) electrons. The predicted molar refractivity (Wildman–Crippen MR) is 81.5 cm³/mol. The van der Waals surface area contributed by atoms with Crippen molar-refractivity contribution in [2.75, 3.05) is 0 Å². The number of rotatable bonds is 4. The Kier molecular flexibility index (Phi) is 3.91. The smallest absolute Gasteiger partial charge is 0.291 e. The third kappa shape index (κ3) is 3.01. The third-order valence-electron chi connectivity index (χ3n) is 3.15. The summed E-state index contributed by atoms with van der Waals surface area (Å²) in [6, 6.07) is 13.3. The highest BCUT2D eigenvalue weighted by Crippen LogP contribution is 2.08. The Morgan fingerprint density at radius 2 is 2.00 bits per heavy atom. The van der Waals surface area contributed by atoms with Gasteiger partial charge in [0.1, 0.15) is 5.82 Å². The van der Waals surface area contributed by atoms with E-state index in [4.69, 9.17) is 0 Å². The highest BCUT2D eigenvalue weighted by molar-refractivity contribution is 5.90. The van der Waals surface area contributed by atoms with E-state index < -0.39 is 0 Å². The van der Waals surface area contributed by atoms with Gasteiger partial charge in [-0.1, -0.05) is 24.3 Å². The van der Waals surface area contributed by atoms with Crippen LogP contribution in [0.5, 0.6) is 0 Å². The maximum atomic E-state index is 12.1. The van der Waals surface area contributed by atoms with E-state index in [1.165, 1.54) is 0 Å². The summed E-state index contributed by atoms with van der Waals surface area (Å²) < 4.78 is 1.65. The lowest BCUT2D eigenvalue weighted by Gasteiger charge is -2.02. The minimum atomic E-state index is -0.304. The van der Waals surface area contributed by atoms with E-state index >= 15 is 0 Å². The van der Waals surface area contributed by atoms with Crippen LogP contribution < -0.4 is 5.32 Å². The molecule has 2 heterocycles. The van der Waals surface area contributed by atoms with Crippen molar-refractivity contribution in [1.82, 2.24) is 25.1 Å². The number of aryl methyl sites for hydroxylation is 1. The molecule has 3 rings (SSSR count). The molecule has 3 aromatic rings. The van der Waals surface area contributed by atoms with Crippen LogP contribution >= 0.6 is 0 Å². The molecule has 1 amide bonds. The van der Waals surface area contributed by atoms with Crippen molar-refractivity contribution in [3.63, 3.8) is 0 Å². The zero-order valence-corrected chi connectivity index (χ0v) is 12.1. The van der Waals surface area contributed by atoms with Gasteiger partial charge in [-0.2, -0.15) is 0 Å². The second kappa shape index (κ2) is 6.17.